The van der Waals surface area contributed by atoms with Crippen LogP contribution in [0.3, 0.4) is 0 Å². The number of hydrogen-bond acceptors (Lipinski definition) is 1. The van der Waals surface area contributed by atoms with Crippen molar-refractivity contribution in [3.05, 3.63) is 71.3 Å². The van der Waals surface area contributed by atoms with Crippen LogP contribution in [-0.2, 0) is 0 Å². The monoisotopic (exact) mass is 356 g/mol. The quantitative estimate of drug-likeness (QED) is 0.868. The number of quaternary nitrogens is 1. The third kappa shape index (κ3) is 5.34. The third-order valence-electron chi connectivity index (χ3n) is 4.35. The van der Waals surface area contributed by atoms with E-state index in [1.54, 1.807) is 12.1 Å². The van der Waals surface area contributed by atoms with Crippen LogP contribution in [0.25, 0.3) is 6.08 Å². The third-order valence-corrected chi connectivity index (χ3v) is 4.59. The molecule has 1 aliphatic rings. The zero-order valence-corrected chi connectivity index (χ0v) is 14.9. The number of nitrogens with one attached hydrogen (secondary N) is 2. The largest absolute Gasteiger partial charge is 0.329 e. The standard InChI is InChI=1S/C20H22ClN3O/c21-18-9-4-10-19(16-18)22-20(25)24-14-12-23(13-15-24)11-5-8-17-6-2-1-3-7-17/h1-10,16H,11-15H2,(H,22,25)/p+1/b8-5+. The van der Waals surface area contributed by atoms with E-state index in [9.17, 15) is 4.79 Å². The number of urea groups is 1. The van der Waals surface area contributed by atoms with E-state index >= 15 is 0 Å². The first-order chi connectivity index (χ1) is 12.2. The van der Waals surface area contributed by atoms with E-state index in [1.165, 1.54) is 10.5 Å². The molecule has 0 bridgehead atoms. The minimum atomic E-state index is -0.0545. The maximum absolute atomic E-state index is 12.3. The van der Waals surface area contributed by atoms with Crippen LogP contribution in [0, 0.1) is 0 Å². The summed E-state index contributed by atoms with van der Waals surface area (Å²) in [5.41, 5.74) is 1.96. The summed E-state index contributed by atoms with van der Waals surface area (Å²) in [5, 5.41) is 3.53. The molecule has 2 amide bonds. The molecule has 2 aromatic rings. The number of nitrogens with zero attached hydrogens (tertiary/aromatic N) is 1. The van der Waals surface area contributed by atoms with Gasteiger partial charge in [0.1, 0.15) is 0 Å². The Labute approximate surface area is 153 Å². The molecule has 0 aromatic heterocycles. The van der Waals surface area contributed by atoms with Gasteiger partial charge < -0.3 is 15.1 Å². The normalized spacial score (nSPS) is 15.5. The van der Waals surface area contributed by atoms with E-state index in [2.05, 4.69) is 29.6 Å². The number of halogens is 1. The van der Waals surface area contributed by atoms with Crippen LogP contribution in [0.2, 0.25) is 5.02 Å². The van der Waals surface area contributed by atoms with Gasteiger partial charge in [-0.3, -0.25) is 0 Å². The molecule has 1 heterocycles. The fourth-order valence-corrected chi connectivity index (χ4v) is 3.12. The Hall–Kier alpha value is -2.30. The topological polar surface area (TPSA) is 36.8 Å². The molecular formula is C20H23ClN3O+. The molecule has 0 saturated carbocycles. The van der Waals surface area contributed by atoms with Gasteiger partial charge in [0.05, 0.1) is 32.7 Å². The van der Waals surface area contributed by atoms with Crippen LogP contribution in [0.5, 0.6) is 0 Å². The maximum atomic E-state index is 12.3. The highest BCUT2D eigenvalue weighted by Gasteiger charge is 2.22. The molecule has 130 valence electrons. The lowest BCUT2D eigenvalue weighted by Gasteiger charge is -2.31. The second-order valence-corrected chi connectivity index (χ2v) is 6.63. The summed E-state index contributed by atoms with van der Waals surface area (Å²) in [4.78, 5) is 15.7. The first-order valence-corrected chi connectivity index (χ1v) is 8.95. The predicted molar refractivity (Wildman–Crippen MR) is 103 cm³/mol. The molecule has 5 heteroatoms. The zero-order valence-electron chi connectivity index (χ0n) is 14.1. The molecule has 0 aliphatic carbocycles. The van der Waals surface area contributed by atoms with Gasteiger partial charge in [-0.05, 0) is 29.8 Å². The average Bonchev–Trinajstić information content (AvgIpc) is 2.63. The molecule has 1 aliphatic heterocycles. The minimum Gasteiger partial charge on any atom is -0.329 e. The SMILES string of the molecule is O=C(Nc1cccc(Cl)c1)N1CC[NH+](C/C=C/c2ccccc2)CC1. The van der Waals surface area contributed by atoms with E-state index in [1.807, 2.05) is 35.2 Å². The first kappa shape index (κ1) is 17.5. The number of benzene rings is 2. The second kappa shape index (κ2) is 8.70. The lowest BCUT2D eigenvalue weighted by molar-refractivity contribution is -0.898. The molecule has 0 radical (unpaired) electrons. The number of anilines is 1. The maximum Gasteiger partial charge on any atom is 0.322 e. The number of carbonyl (C=O) groups excluding carboxylic acids is 1. The highest BCUT2D eigenvalue weighted by atomic mass is 35.5. The molecule has 25 heavy (non-hydrogen) atoms. The van der Waals surface area contributed by atoms with Crippen LogP contribution in [0.1, 0.15) is 5.56 Å². The van der Waals surface area contributed by atoms with E-state index < -0.39 is 0 Å². The molecular weight excluding hydrogens is 334 g/mol. The van der Waals surface area contributed by atoms with Gasteiger partial charge in [0.2, 0.25) is 0 Å². The van der Waals surface area contributed by atoms with Crippen molar-refractivity contribution < 1.29 is 9.69 Å². The molecule has 1 fully saturated rings. The molecule has 0 atom stereocenters. The summed E-state index contributed by atoms with van der Waals surface area (Å²) < 4.78 is 0. The lowest BCUT2D eigenvalue weighted by atomic mass is 10.2. The van der Waals surface area contributed by atoms with Gasteiger partial charge in [0.25, 0.3) is 0 Å². The number of amides is 2. The van der Waals surface area contributed by atoms with Crippen LogP contribution in [-0.4, -0.2) is 43.7 Å². The van der Waals surface area contributed by atoms with Gasteiger partial charge in [0, 0.05) is 10.7 Å². The summed E-state index contributed by atoms with van der Waals surface area (Å²) in [6, 6.07) is 17.5. The Morgan fingerprint density at radius 3 is 2.60 bits per heavy atom. The highest BCUT2D eigenvalue weighted by molar-refractivity contribution is 6.30. The van der Waals surface area contributed by atoms with Crippen LogP contribution in [0.4, 0.5) is 10.5 Å². The molecule has 3 rings (SSSR count). The molecule has 4 nitrogen and oxygen atoms in total. The van der Waals surface area contributed by atoms with Crippen LogP contribution >= 0.6 is 11.6 Å². The number of hydrogen-bond donors (Lipinski definition) is 2. The van der Waals surface area contributed by atoms with Gasteiger partial charge in [-0.15, -0.1) is 0 Å². The van der Waals surface area contributed by atoms with Gasteiger partial charge in [-0.2, -0.15) is 0 Å². The van der Waals surface area contributed by atoms with Crippen molar-refractivity contribution in [3.63, 3.8) is 0 Å². The Bertz CT molecular complexity index is 725. The molecule has 2 N–H and O–H groups in total. The fraction of sp³-hybridized carbons (Fsp3) is 0.250. The fourth-order valence-electron chi connectivity index (χ4n) is 2.92. The Kier molecular flexibility index (Phi) is 6.09. The van der Waals surface area contributed by atoms with Crippen molar-refractivity contribution in [1.29, 1.82) is 0 Å². The molecule has 0 unspecified atom stereocenters. The van der Waals surface area contributed by atoms with Crippen molar-refractivity contribution in [2.45, 2.75) is 0 Å². The van der Waals surface area contributed by atoms with E-state index in [0.29, 0.717) is 5.02 Å². The van der Waals surface area contributed by atoms with E-state index in [4.69, 9.17) is 11.6 Å². The lowest BCUT2D eigenvalue weighted by Crippen LogP contribution is -3.14. The molecule has 1 saturated heterocycles. The predicted octanol–water partition coefficient (Wildman–Crippen LogP) is 2.79. The summed E-state index contributed by atoms with van der Waals surface area (Å²) >= 11 is 5.95. The number of carbonyl (C=O) groups is 1. The Morgan fingerprint density at radius 2 is 1.88 bits per heavy atom. The summed E-state index contributed by atoms with van der Waals surface area (Å²) in [5.74, 6) is 0. The van der Waals surface area contributed by atoms with Crippen molar-refractivity contribution in [2.75, 3.05) is 38.0 Å². The van der Waals surface area contributed by atoms with Crippen molar-refractivity contribution in [3.8, 4) is 0 Å². The number of piperazine rings is 1. The minimum absolute atomic E-state index is 0.0545. The van der Waals surface area contributed by atoms with E-state index in [0.717, 1.165) is 38.4 Å². The molecule has 0 spiro atoms. The molecule has 2 aromatic carbocycles. The smallest absolute Gasteiger partial charge is 0.322 e. The van der Waals surface area contributed by atoms with Crippen molar-refractivity contribution >= 4 is 29.4 Å². The van der Waals surface area contributed by atoms with E-state index in [-0.39, 0.29) is 6.03 Å². The van der Waals surface area contributed by atoms with Gasteiger partial charge >= 0.3 is 6.03 Å². The van der Waals surface area contributed by atoms with Crippen molar-refractivity contribution in [1.82, 2.24) is 4.90 Å². The van der Waals surface area contributed by atoms with Crippen LogP contribution < -0.4 is 10.2 Å². The summed E-state index contributed by atoms with van der Waals surface area (Å²) in [7, 11) is 0. The second-order valence-electron chi connectivity index (χ2n) is 6.19. The average molecular weight is 357 g/mol. The van der Waals surface area contributed by atoms with Gasteiger partial charge in [0.15, 0.2) is 0 Å². The zero-order chi connectivity index (χ0) is 17.5. The highest BCUT2D eigenvalue weighted by Crippen LogP contribution is 2.15. The van der Waals surface area contributed by atoms with Gasteiger partial charge in [-0.1, -0.05) is 54.1 Å². The first-order valence-electron chi connectivity index (χ1n) is 8.57. The van der Waals surface area contributed by atoms with Crippen molar-refractivity contribution in [2.24, 2.45) is 0 Å². The van der Waals surface area contributed by atoms with Gasteiger partial charge in [-0.25, -0.2) is 4.79 Å². The summed E-state index contributed by atoms with van der Waals surface area (Å²) in [6.07, 6.45) is 4.37. The van der Waals surface area contributed by atoms with Crippen LogP contribution in [0.15, 0.2) is 60.7 Å². The Balaban J connectivity index is 1.43. The Morgan fingerprint density at radius 1 is 1.12 bits per heavy atom. The summed E-state index contributed by atoms with van der Waals surface area (Å²) in [6.45, 7) is 4.44. The number of rotatable bonds is 4.